The van der Waals surface area contributed by atoms with Crippen LogP contribution in [0.25, 0.3) is 0 Å². The van der Waals surface area contributed by atoms with Gasteiger partial charge in [-0.15, -0.1) is 0 Å². The number of hydrogen-bond acceptors (Lipinski definition) is 3. The van der Waals surface area contributed by atoms with Gasteiger partial charge in [0.1, 0.15) is 0 Å². The van der Waals surface area contributed by atoms with Crippen LogP contribution in [0.15, 0.2) is 0 Å². The molecule has 2 N–H and O–H groups in total. The maximum Gasteiger partial charge on any atom is 0.306 e. The highest BCUT2D eigenvalue weighted by Gasteiger charge is 2.33. The molecule has 0 spiro atoms. The molecule has 0 aliphatic heterocycles. The number of aliphatic carboxylic acids is 1. The minimum Gasteiger partial charge on any atom is -0.481 e. The average molecular weight is 287 g/mol. The van der Waals surface area contributed by atoms with Gasteiger partial charge in [0.15, 0.2) is 0 Å². The summed E-state index contributed by atoms with van der Waals surface area (Å²) in [6.45, 7) is 5.11. The third-order valence-corrected chi connectivity index (χ3v) is 4.85. The number of rotatable bonds is 8. The molecule has 0 bridgehead atoms. The second-order valence-corrected chi connectivity index (χ2v) is 6.81. The number of amides is 1. The molecular formula is C14H25NO3S. The number of hydrogen-bond donors (Lipinski definition) is 2. The molecule has 0 heterocycles. The summed E-state index contributed by atoms with van der Waals surface area (Å²) in [6, 6.07) is 0. The maximum absolute atomic E-state index is 11.8. The number of carbonyl (C=O) groups is 2. The van der Waals surface area contributed by atoms with Crippen LogP contribution in [0, 0.1) is 17.8 Å². The third-order valence-electron chi connectivity index (χ3n) is 3.37. The van der Waals surface area contributed by atoms with Crippen LogP contribution < -0.4 is 5.32 Å². The van der Waals surface area contributed by atoms with Gasteiger partial charge in [0.2, 0.25) is 5.91 Å². The highest BCUT2D eigenvalue weighted by atomic mass is 32.2. The molecule has 0 unspecified atom stereocenters. The van der Waals surface area contributed by atoms with Crippen LogP contribution in [0.1, 0.15) is 39.5 Å². The van der Waals surface area contributed by atoms with E-state index in [0.29, 0.717) is 31.7 Å². The maximum atomic E-state index is 11.8. The number of nitrogens with one attached hydrogen (secondary N) is 1. The van der Waals surface area contributed by atoms with E-state index in [9.17, 15) is 9.59 Å². The minimum absolute atomic E-state index is 0.0395. The molecule has 0 aromatic rings. The zero-order chi connectivity index (χ0) is 14.3. The van der Waals surface area contributed by atoms with E-state index in [1.807, 2.05) is 11.8 Å². The first-order valence-electron chi connectivity index (χ1n) is 7.09. The Morgan fingerprint density at radius 2 is 2.00 bits per heavy atom. The lowest BCUT2D eigenvalue weighted by Gasteiger charge is -2.11. The van der Waals surface area contributed by atoms with E-state index in [-0.39, 0.29) is 17.7 Å². The van der Waals surface area contributed by atoms with Crippen LogP contribution in [-0.4, -0.2) is 35.0 Å². The van der Waals surface area contributed by atoms with E-state index in [0.717, 1.165) is 17.9 Å². The van der Waals surface area contributed by atoms with Crippen LogP contribution in [0.2, 0.25) is 0 Å². The van der Waals surface area contributed by atoms with Crippen molar-refractivity contribution in [2.75, 3.05) is 18.1 Å². The molecule has 19 heavy (non-hydrogen) atoms. The summed E-state index contributed by atoms with van der Waals surface area (Å²) in [5.41, 5.74) is 0. The summed E-state index contributed by atoms with van der Waals surface area (Å²) in [5.74, 6) is 1.81. The van der Waals surface area contributed by atoms with Gasteiger partial charge < -0.3 is 10.4 Å². The Kier molecular flexibility index (Phi) is 7.28. The topological polar surface area (TPSA) is 66.4 Å². The smallest absolute Gasteiger partial charge is 0.306 e. The van der Waals surface area contributed by atoms with Crippen LogP contribution in [0.5, 0.6) is 0 Å². The molecule has 110 valence electrons. The fourth-order valence-electron chi connectivity index (χ4n) is 2.29. The van der Waals surface area contributed by atoms with E-state index >= 15 is 0 Å². The SMILES string of the molecule is CC(C)CSCCCNC(=O)[C@@H]1CC[C@H](C(=O)O)C1. The fraction of sp³-hybridized carbons (Fsp3) is 0.857. The number of carboxylic acid groups (broad SMARTS) is 1. The molecule has 0 saturated heterocycles. The molecule has 0 aromatic carbocycles. The molecule has 1 aliphatic carbocycles. The Hall–Kier alpha value is -0.710. The second kappa shape index (κ2) is 8.46. The molecule has 0 aromatic heterocycles. The zero-order valence-corrected chi connectivity index (χ0v) is 12.7. The van der Waals surface area contributed by atoms with Gasteiger partial charge in [-0.25, -0.2) is 0 Å². The zero-order valence-electron chi connectivity index (χ0n) is 11.9. The summed E-state index contributed by atoms with van der Waals surface area (Å²) >= 11 is 1.92. The molecule has 1 saturated carbocycles. The van der Waals surface area contributed by atoms with Gasteiger partial charge in [0.05, 0.1) is 5.92 Å². The van der Waals surface area contributed by atoms with Crippen molar-refractivity contribution in [1.29, 1.82) is 0 Å². The number of carboxylic acids is 1. The van der Waals surface area contributed by atoms with E-state index in [1.54, 1.807) is 0 Å². The molecule has 0 radical (unpaired) electrons. The summed E-state index contributed by atoms with van der Waals surface area (Å²) in [5, 5.41) is 11.8. The van der Waals surface area contributed by atoms with E-state index in [1.165, 1.54) is 0 Å². The van der Waals surface area contributed by atoms with Crippen molar-refractivity contribution in [2.24, 2.45) is 17.8 Å². The van der Waals surface area contributed by atoms with Gasteiger partial charge in [-0.05, 0) is 43.1 Å². The van der Waals surface area contributed by atoms with E-state index < -0.39 is 5.97 Å². The largest absolute Gasteiger partial charge is 0.481 e. The number of thioether (sulfide) groups is 1. The highest BCUT2D eigenvalue weighted by Crippen LogP contribution is 2.31. The van der Waals surface area contributed by atoms with Crippen molar-refractivity contribution in [3.05, 3.63) is 0 Å². The van der Waals surface area contributed by atoms with Gasteiger partial charge in [-0.2, -0.15) is 11.8 Å². The number of carbonyl (C=O) groups excluding carboxylic acids is 1. The molecule has 2 atom stereocenters. The van der Waals surface area contributed by atoms with Crippen molar-refractivity contribution in [2.45, 2.75) is 39.5 Å². The predicted molar refractivity (Wildman–Crippen MR) is 78.3 cm³/mol. The van der Waals surface area contributed by atoms with Gasteiger partial charge in [0, 0.05) is 12.5 Å². The standard InChI is InChI=1S/C14H25NO3S/c1-10(2)9-19-7-3-6-15-13(16)11-4-5-12(8-11)14(17)18/h10-12H,3-9H2,1-2H3,(H,15,16)(H,17,18)/t11-,12+/m1/s1. The summed E-state index contributed by atoms with van der Waals surface area (Å²) in [4.78, 5) is 22.7. The monoisotopic (exact) mass is 287 g/mol. The predicted octanol–water partition coefficient (Wildman–Crippen LogP) is 2.38. The first-order chi connectivity index (χ1) is 9.00. The Morgan fingerprint density at radius 1 is 1.32 bits per heavy atom. The van der Waals surface area contributed by atoms with Gasteiger partial charge >= 0.3 is 5.97 Å². The molecule has 1 aliphatic rings. The van der Waals surface area contributed by atoms with E-state index in [4.69, 9.17) is 5.11 Å². The van der Waals surface area contributed by atoms with Crippen molar-refractivity contribution in [1.82, 2.24) is 5.32 Å². The molecule has 1 fully saturated rings. The van der Waals surface area contributed by atoms with Gasteiger partial charge in [0.25, 0.3) is 0 Å². The lowest BCUT2D eigenvalue weighted by atomic mass is 10.0. The molecule has 5 heteroatoms. The average Bonchev–Trinajstić information content (AvgIpc) is 2.82. The van der Waals surface area contributed by atoms with Crippen LogP contribution in [0.3, 0.4) is 0 Å². The highest BCUT2D eigenvalue weighted by molar-refractivity contribution is 7.99. The molecule has 1 amide bonds. The lowest BCUT2D eigenvalue weighted by molar-refractivity contribution is -0.141. The molecule has 1 rings (SSSR count). The third kappa shape index (κ3) is 6.32. The Morgan fingerprint density at radius 3 is 2.58 bits per heavy atom. The Labute approximate surface area is 119 Å². The van der Waals surface area contributed by atoms with Crippen LogP contribution in [-0.2, 0) is 9.59 Å². The van der Waals surface area contributed by atoms with Crippen molar-refractivity contribution in [3.63, 3.8) is 0 Å². The van der Waals surface area contributed by atoms with Gasteiger partial charge in [-0.3, -0.25) is 9.59 Å². The van der Waals surface area contributed by atoms with E-state index in [2.05, 4.69) is 19.2 Å². The van der Waals surface area contributed by atoms with Crippen LogP contribution >= 0.6 is 11.8 Å². The normalized spacial score (nSPS) is 22.7. The lowest BCUT2D eigenvalue weighted by Crippen LogP contribution is -2.30. The summed E-state index contributed by atoms with van der Waals surface area (Å²) in [6.07, 6.45) is 2.84. The Bertz CT molecular complexity index is 307. The first kappa shape index (κ1) is 16.3. The van der Waals surface area contributed by atoms with Crippen LogP contribution in [0.4, 0.5) is 0 Å². The summed E-state index contributed by atoms with van der Waals surface area (Å²) in [7, 11) is 0. The Balaban J connectivity index is 2.07. The fourth-order valence-corrected chi connectivity index (χ4v) is 3.28. The first-order valence-corrected chi connectivity index (χ1v) is 8.24. The van der Waals surface area contributed by atoms with Crippen molar-refractivity contribution in [3.8, 4) is 0 Å². The molecular weight excluding hydrogens is 262 g/mol. The minimum atomic E-state index is -0.764. The second-order valence-electron chi connectivity index (χ2n) is 5.66. The van der Waals surface area contributed by atoms with Crippen molar-refractivity contribution >= 4 is 23.6 Å². The van der Waals surface area contributed by atoms with Gasteiger partial charge in [-0.1, -0.05) is 13.8 Å². The summed E-state index contributed by atoms with van der Waals surface area (Å²) < 4.78 is 0. The molecule has 4 nitrogen and oxygen atoms in total. The van der Waals surface area contributed by atoms with Crippen molar-refractivity contribution < 1.29 is 14.7 Å². The quantitative estimate of drug-likeness (QED) is 0.673.